The number of hydrogen-bond donors (Lipinski definition) is 2. The van der Waals surface area contributed by atoms with Crippen molar-refractivity contribution in [2.45, 2.75) is 32.7 Å². The molecule has 1 atom stereocenters. The van der Waals surface area contributed by atoms with E-state index in [1.807, 2.05) is 37.3 Å². The van der Waals surface area contributed by atoms with Crippen molar-refractivity contribution < 1.29 is 23.9 Å². The van der Waals surface area contributed by atoms with Crippen molar-refractivity contribution in [3.63, 3.8) is 0 Å². The van der Waals surface area contributed by atoms with Gasteiger partial charge in [-0.15, -0.1) is 0 Å². The molecule has 0 aromatic heterocycles. The Balaban J connectivity index is 1.70. The molecule has 2 rings (SSSR count). The van der Waals surface area contributed by atoms with Gasteiger partial charge in [0.15, 0.2) is 12.4 Å². The van der Waals surface area contributed by atoms with Crippen LogP contribution in [-0.4, -0.2) is 30.2 Å². The molecule has 2 N–H and O–H groups in total. The number of anilines is 1. The van der Waals surface area contributed by atoms with Gasteiger partial charge in [0, 0.05) is 17.7 Å². The summed E-state index contributed by atoms with van der Waals surface area (Å²) in [6.07, 6.45) is -0.245. The summed E-state index contributed by atoms with van der Waals surface area (Å²) in [7, 11) is 0. The van der Waals surface area contributed by atoms with Crippen LogP contribution in [0.2, 0.25) is 0 Å². The minimum Gasteiger partial charge on any atom is -0.456 e. The van der Waals surface area contributed by atoms with Gasteiger partial charge in [0.2, 0.25) is 5.91 Å². The van der Waals surface area contributed by atoms with Crippen LogP contribution in [0.15, 0.2) is 54.6 Å². The van der Waals surface area contributed by atoms with Crippen LogP contribution in [0.3, 0.4) is 0 Å². The summed E-state index contributed by atoms with van der Waals surface area (Å²) < 4.78 is 4.92. The van der Waals surface area contributed by atoms with Gasteiger partial charge in [-0.1, -0.05) is 42.5 Å². The Bertz CT molecular complexity index is 880. The third kappa shape index (κ3) is 7.57. The number of carbonyl (C=O) groups excluding carboxylic acids is 4. The van der Waals surface area contributed by atoms with Gasteiger partial charge < -0.3 is 15.4 Å². The molecule has 2 amide bonds. The Morgan fingerprint density at radius 3 is 2.34 bits per heavy atom. The molecule has 0 saturated heterocycles. The summed E-state index contributed by atoms with van der Waals surface area (Å²) in [6, 6.07) is 15.7. The molecule has 0 unspecified atom stereocenters. The first-order valence-corrected chi connectivity index (χ1v) is 9.26. The van der Waals surface area contributed by atoms with Crippen LogP contribution in [0.1, 0.15) is 48.7 Å². The summed E-state index contributed by atoms with van der Waals surface area (Å²) in [4.78, 5) is 47.0. The summed E-state index contributed by atoms with van der Waals surface area (Å²) in [5.41, 5.74) is 1.90. The van der Waals surface area contributed by atoms with Gasteiger partial charge in [0.1, 0.15) is 0 Å². The zero-order chi connectivity index (χ0) is 21.2. The lowest BCUT2D eigenvalue weighted by molar-refractivity contribution is -0.149. The molecule has 0 spiro atoms. The van der Waals surface area contributed by atoms with Crippen molar-refractivity contribution in [3.05, 3.63) is 65.7 Å². The van der Waals surface area contributed by atoms with E-state index in [0.29, 0.717) is 11.3 Å². The number of rotatable bonds is 9. The lowest BCUT2D eigenvalue weighted by Gasteiger charge is -2.14. The predicted octanol–water partition coefficient (Wildman–Crippen LogP) is 3.03. The molecule has 2 aromatic carbocycles. The van der Waals surface area contributed by atoms with Crippen LogP contribution < -0.4 is 10.6 Å². The molecular formula is C22H24N2O5. The quantitative estimate of drug-likeness (QED) is 0.501. The molecule has 0 radical (unpaired) electrons. The van der Waals surface area contributed by atoms with E-state index in [9.17, 15) is 19.2 Å². The van der Waals surface area contributed by atoms with Crippen molar-refractivity contribution >= 4 is 29.3 Å². The largest absolute Gasteiger partial charge is 0.456 e. The van der Waals surface area contributed by atoms with Gasteiger partial charge in [-0.3, -0.25) is 19.2 Å². The molecule has 7 heteroatoms. The van der Waals surface area contributed by atoms with E-state index >= 15 is 0 Å². The Kier molecular flexibility index (Phi) is 8.09. The highest BCUT2D eigenvalue weighted by Crippen LogP contribution is 2.12. The van der Waals surface area contributed by atoms with E-state index in [4.69, 9.17) is 4.74 Å². The summed E-state index contributed by atoms with van der Waals surface area (Å²) in [5.74, 6) is -1.55. The Morgan fingerprint density at radius 2 is 1.66 bits per heavy atom. The van der Waals surface area contributed by atoms with E-state index in [1.165, 1.54) is 6.92 Å². The van der Waals surface area contributed by atoms with Crippen LogP contribution >= 0.6 is 0 Å². The van der Waals surface area contributed by atoms with Crippen LogP contribution in [0, 0.1) is 0 Å². The van der Waals surface area contributed by atoms with Crippen molar-refractivity contribution in [1.29, 1.82) is 0 Å². The molecule has 0 fully saturated rings. The third-order valence-corrected chi connectivity index (χ3v) is 4.15. The maximum Gasteiger partial charge on any atom is 0.306 e. The highest BCUT2D eigenvalue weighted by Gasteiger charge is 2.13. The Labute approximate surface area is 169 Å². The summed E-state index contributed by atoms with van der Waals surface area (Å²) in [5, 5.41) is 5.36. The molecule has 2 aromatic rings. The lowest BCUT2D eigenvalue weighted by atomic mass is 10.1. The Morgan fingerprint density at radius 1 is 0.931 bits per heavy atom. The standard InChI is InChI=1S/C22H24N2O5/c1-15(17-7-4-3-5-8-17)23-21(27)14-29-22(28)12-11-20(26)24-19-10-6-9-18(13-19)16(2)25/h3-10,13,15H,11-12,14H2,1-2H3,(H,23,27)(H,24,26)/t15-/m1/s1. The average molecular weight is 396 g/mol. The molecule has 0 saturated carbocycles. The fourth-order valence-corrected chi connectivity index (χ4v) is 2.58. The molecule has 7 nitrogen and oxygen atoms in total. The monoisotopic (exact) mass is 396 g/mol. The molecule has 0 heterocycles. The second-order valence-corrected chi connectivity index (χ2v) is 6.55. The first-order valence-electron chi connectivity index (χ1n) is 9.26. The second kappa shape index (κ2) is 10.8. The van der Waals surface area contributed by atoms with Crippen LogP contribution in [0.25, 0.3) is 0 Å². The molecule has 0 aliphatic carbocycles. The third-order valence-electron chi connectivity index (χ3n) is 4.15. The number of ketones is 1. The first-order chi connectivity index (χ1) is 13.8. The Hall–Kier alpha value is -3.48. The topological polar surface area (TPSA) is 102 Å². The smallest absolute Gasteiger partial charge is 0.306 e. The van der Waals surface area contributed by atoms with Gasteiger partial charge >= 0.3 is 5.97 Å². The van der Waals surface area contributed by atoms with E-state index < -0.39 is 18.5 Å². The summed E-state index contributed by atoms with van der Waals surface area (Å²) in [6.45, 7) is 2.87. The number of esters is 1. The molecule has 29 heavy (non-hydrogen) atoms. The maximum absolute atomic E-state index is 12.0. The maximum atomic E-state index is 12.0. The van der Waals surface area contributed by atoms with Crippen molar-refractivity contribution in [1.82, 2.24) is 5.32 Å². The van der Waals surface area contributed by atoms with Gasteiger partial charge in [-0.2, -0.15) is 0 Å². The lowest BCUT2D eigenvalue weighted by Crippen LogP contribution is -2.31. The summed E-state index contributed by atoms with van der Waals surface area (Å²) >= 11 is 0. The second-order valence-electron chi connectivity index (χ2n) is 6.55. The van der Waals surface area contributed by atoms with E-state index in [2.05, 4.69) is 10.6 Å². The normalized spacial score (nSPS) is 11.2. The fourth-order valence-electron chi connectivity index (χ4n) is 2.58. The number of nitrogens with one attached hydrogen (secondary N) is 2. The first kappa shape index (κ1) is 21.8. The van der Waals surface area contributed by atoms with E-state index in [0.717, 1.165) is 5.56 Å². The van der Waals surface area contributed by atoms with Gasteiger partial charge in [0.05, 0.1) is 12.5 Å². The molecular weight excluding hydrogens is 372 g/mol. The highest BCUT2D eigenvalue weighted by atomic mass is 16.5. The van der Waals surface area contributed by atoms with Gasteiger partial charge in [0.25, 0.3) is 5.91 Å². The molecule has 0 aliphatic heterocycles. The predicted molar refractivity (Wildman–Crippen MR) is 108 cm³/mol. The van der Waals surface area contributed by atoms with Crippen LogP contribution in [0.5, 0.6) is 0 Å². The zero-order valence-electron chi connectivity index (χ0n) is 16.4. The molecule has 0 aliphatic rings. The molecule has 152 valence electrons. The zero-order valence-corrected chi connectivity index (χ0v) is 16.4. The number of ether oxygens (including phenoxy) is 1. The number of carbonyl (C=O) groups is 4. The molecule has 0 bridgehead atoms. The van der Waals surface area contributed by atoms with Gasteiger partial charge in [-0.25, -0.2) is 0 Å². The van der Waals surface area contributed by atoms with E-state index in [-0.39, 0.29) is 30.6 Å². The number of Topliss-reactive ketones (excluding diaryl/α,β-unsaturated/α-hetero) is 1. The van der Waals surface area contributed by atoms with Crippen molar-refractivity contribution in [2.75, 3.05) is 11.9 Å². The minimum absolute atomic E-state index is 0.0921. The average Bonchev–Trinajstić information content (AvgIpc) is 2.71. The minimum atomic E-state index is -0.639. The SMILES string of the molecule is CC(=O)c1cccc(NC(=O)CCC(=O)OCC(=O)N[C@H](C)c2ccccc2)c1. The van der Waals surface area contributed by atoms with Crippen LogP contribution in [0.4, 0.5) is 5.69 Å². The van der Waals surface area contributed by atoms with Crippen LogP contribution in [-0.2, 0) is 19.1 Å². The number of hydrogen-bond acceptors (Lipinski definition) is 5. The number of amides is 2. The number of benzene rings is 2. The van der Waals surface area contributed by atoms with Crippen molar-refractivity contribution in [3.8, 4) is 0 Å². The fraction of sp³-hybridized carbons (Fsp3) is 0.273. The van der Waals surface area contributed by atoms with E-state index in [1.54, 1.807) is 24.3 Å². The highest BCUT2D eigenvalue weighted by molar-refractivity contribution is 5.97. The van der Waals surface area contributed by atoms with Crippen molar-refractivity contribution in [2.24, 2.45) is 0 Å². The van der Waals surface area contributed by atoms with Gasteiger partial charge in [-0.05, 0) is 31.5 Å².